The van der Waals surface area contributed by atoms with Crippen LogP contribution in [0, 0.1) is 0 Å². The molecule has 0 heterocycles. The van der Waals surface area contributed by atoms with Crippen molar-refractivity contribution >= 4 is 17.7 Å². The summed E-state index contributed by atoms with van der Waals surface area (Å²) >= 11 is 0. The maximum absolute atomic E-state index is 12.3. The molecule has 0 saturated heterocycles. The van der Waals surface area contributed by atoms with Gasteiger partial charge in [-0.3, -0.25) is 10.1 Å². The van der Waals surface area contributed by atoms with Crippen LogP contribution in [0.3, 0.4) is 0 Å². The molecule has 0 aliphatic heterocycles. The fourth-order valence-corrected chi connectivity index (χ4v) is 2.84. The third kappa shape index (κ3) is 6.70. The van der Waals surface area contributed by atoms with Crippen LogP contribution in [0.4, 0.5) is 10.5 Å². The lowest BCUT2D eigenvalue weighted by Crippen LogP contribution is -3.10. The molecule has 2 rings (SSSR count). The largest absolute Gasteiger partial charge is 0.450 e. The number of quaternary nitrogens is 1. The average molecular weight is 385 g/mol. The first-order valence-corrected chi connectivity index (χ1v) is 9.79. The normalized spacial score (nSPS) is 10.6. The molecule has 0 fully saturated rings. The zero-order chi connectivity index (χ0) is 20.4. The number of rotatable bonds is 9. The van der Waals surface area contributed by atoms with E-state index in [-0.39, 0.29) is 5.91 Å². The Morgan fingerprint density at radius 1 is 0.893 bits per heavy atom. The third-order valence-corrected chi connectivity index (χ3v) is 4.60. The molecular weight excluding hydrogens is 354 g/mol. The SMILES string of the molecule is CCOC(=O)Nc1ccc(C(=O)NCc2ccc(C[NH+](CC)CC)cc2)cc1. The van der Waals surface area contributed by atoms with Crippen molar-refractivity contribution in [2.75, 3.05) is 25.0 Å². The lowest BCUT2D eigenvalue weighted by Gasteiger charge is -2.15. The molecule has 2 aromatic rings. The van der Waals surface area contributed by atoms with Crippen LogP contribution in [0.2, 0.25) is 0 Å². The summed E-state index contributed by atoms with van der Waals surface area (Å²) < 4.78 is 4.82. The summed E-state index contributed by atoms with van der Waals surface area (Å²) in [5.41, 5.74) is 3.49. The second-order valence-corrected chi connectivity index (χ2v) is 6.56. The number of carbonyl (C=O) groups is 2. The molecule has 0 unspecified atom stereocenters. The summed E-state index contributed by atoms with van der Waals surface area (Å²) in [6, 6.07) is 15.1. The van der Waals surface area contributed by atoms with Crippen LogP contribution in [-0.2, 0) is 17.8 Å². The van der Waals surface area contributed by atoms with E-state index in [0.717, 1.165) is 25.2 Å². The fraction of sp³-hybridized carbons (Fsp3) is 0.364. The van der Waals surface area contributed by atoms with E-state index >= 15 is 0 Å². The zero-order valence-electron chi connectivity index (χ0n) is 16.9. The van der Waals surface area contributed by atoms with Crippen molar-refractivity contribution in [3.63, 3.8) is 0 Å². The minimum absolute atomic E-state index is 0.153. The maximum Gasteiger partial charge on any atom is 0.411 e. The van der Waals surface area contributed by atoms with Gasteiger partial charge in [0.15, 0.2) is 0 Å². The molecule has 28 heavy (non-hydrogen) atoms. The fourth-order valence-electron chi connectivity index (χ4n) is 2.84. The van der Waals surface area contributed by atoms with Gasteiger partial charge in [0.1, 0.15) is 6.54 Å². The van der Waals surface area contributed by atoms with Crippen molar-refractivity contribution < 1.29 is 19.2 Å². The molecule has 0 saturated carbocycles. The number of benzene rings is 2. The highest BCUT2D eigenvalue weighted by Crippen LogP contribution is 2.10. The molecule has 2 amide bonds. The van der Waals surface area contributed by atoms with Crippen LogP contribution in [0.5, 0.6) is 0 Å². The van der Waals surface area contributed by atoms with Crippen LogP contribution in [-0.4, -0.2) is 31.7 Å². The van der Waals surface area contributed by atoms with E-state index < -0.39 is 6.09 Å². The highest BCUT2D eigenvalue weighted by atomic mass is 16.5. The topological polar surface area (TPSA) is 71.9 Å². The first-order chi connectivity index (χ1) is 13.5. The molecule has 0 bridgehead atoms. The summed E-state index contributed by atoms with van der Waals surface area (Å²) in [6.45, 7) is 10.2. The van der Waals surface area contributed by atoms with Gasteiger partial charge in [-0.2, -0.15) is 0 Å². The predicted octanol–water partition coefficient (Wildman–Crippen LogP) is 2.61. The summed E-state index contributed by atoms with van der Waals surface area (Å²) in [5, 5.41) is 5.52. The monoisotopic (exact) mass is 384 g/mol. The van der Waals surface area contributed by atoms with Crippen molar-refractivity contribution in [2.45, 2.75) is 33.9 Å². The molecule has 0 aliphatic carbocycles. The lowest BCUT2D eigenvalue weighted by atomic mass is 10.1. The summed E-state index contributed by atoms with van der Waals surface area (Å²) in [5.74, 6) is -0.153. The minimum atomic E-state index is -0.509. The van der Waals surface area contributed by atoms with E-state index in [9.17, 15) is 9.59 Å². The molecule has 6 nitrogen and oxygen atoms in total. The van der Waals surface area contributed by atoms with Gasteiger partial charge in [0.25, 0.3) is 5.91 Å². The summed E-state index contributed by atoms with van der Waals surface area (Å²) in [4.78, 5) is 25.3. The van der Waals surface area contributed by atoms with Crippen LogP contribution >= 0.6 is 0 Å². The van der Waals surface area contributed by atoms with Gasteiger partial charge in [0.05, 0.1) is 19.7 Å². The number of hydrogen-bond donors (Lipinski definition) is 3. The third-order valence-electron chi connectivity index (χ3n) is 4.60. The Bertz CT molecular complexity index is 754. The smallest absolute Gasteiger partial charge is 0.411 e. The van der Waals surface area contributed by atoms with Gasteiger partial charge < -0.3 is 15.0 Å². The van der Waals surface area contributed by atoms with Crippen molar-refractivity contribution in [1.82, 2.24) is 5.32 Å². The second-order valence-electron chi connectivity index (χ2n) is 6.56. The summed E-state index contributed by atoms with van der Waals surface area (Å²) in [6.07, 6.45) is -0.509. The molecule has 0 atom stereocenters. The molecule has 150 valence electrons. The Morgan fingerprint density at radius 2 is 1.50 bits per heavy atom. The maximum atomic E-state index is 12.3. The Morgan fingerprint density at radius 3 is 2.07 bits per heavy atom. The first kappa shape index (κ1) is 21.4. The quantitative estimate of drug-likeness (QED) is 0.622. The molecular formula is C22H30N3O3+. The van der Waals surface area contributed by atoms with E-state index in [2.05, 4.69) is 48.7 Å². The minimum Gasteiger partial charge on any atom is -0.450 e. The molecule has 0 radical (unpaired) electrons. The van der Waals surface area contributed by atoms with Gasteiger partial charge in [-0.25, -0.2) is 4.79 Å². The Hall–Kier alpha value is -2.86. The van der Waals surface area contributed by atoms with E-state index in [1.165, 1.54) is 5.56 Å². The van der Waals surface area contributed by atoms with Crippen LogP contribution in [0.15, 0.2) is 48.5 Å². The van der Waals surface area contributed by atoms with Gasteiger partial charge in [-0.1, -0.05) is 24.3 Å². The van der Waals surface area contributed by atoms with Crippen molar-refractivity contribution in [2.24, 2.45) is 0 Å². The van der Waals surface area contributed by atoms with Gasteiger partial charge in [0.2, 0.25) is 0 Å². The van der Waals surface area contributed by atoms with Crippen molar-refractivity contribution in [1.29, 1.82) is 0 Å². The first-order valence-electron chi connectivity index (χ1n) is 9.79. The predicted molar refractivity (Wildman–Crippen MR) is 110 cm³/mol. The van der Waals surface area contributed by atoms with E-state index in [1.54, 1.807) is 36.1 Å². The zero-order valence-corrected chi connectivity index (χ0v) is 16.9. The highest BCUT2D eigenvalue weighted by molar-refractivity contribution is 5.95. The number of amides is 2. The Kier molecular flexibility index (Phi) is 8.49. The van der Waals surface area contributed by atoms with E-state index in [0.29, 0.717) is 24.4 Å². The number of nitrogens with one attached hydrogen (secondary N) is 3. The van der Waals surface area contributed by atoms with Crippen LogP contribution in [0.25, 0.3) is 0 Å². The number of hydrogen-bond acceptors (Lipinski definition) is 3. The van der Waals surface area contributed by atoms with Crippen LogP contribution in [0.1, 0.15) is 42.3 Å². The molecule has 6 heteroatoms. The second kappa shape index (κ2) is 11.1. The summed E-state index contributed by atoms with van der Waals surface area (Å²) in [7, 11) is 0. The average Bonchev–Trinajstić information content (AvgIpc) is 2.71. The molecule has 2 aromatic carbocycles. The highest BCUT2D eigenvalue weighted by Gasteiger charge is 2.08. The number of ether oxygens (including phenoxy) is 1. The van der Waals surface area contributed by atoms with Gasteiger partial charge in [-0.05, 0) is 50.6 Å². The van der Waals surface area contributed by atoms with Crippen molar-refractivity contribution in [3.05, 3.63) is 65.2 Å². The van der Waals surface area contributed by atoms with Gasteiger partial charge in [0, 0.05) is 23.4 Å². The molecule has 0 spiro atoms. The van der Waals surface area contributed by atoms with Gasteiger partial charge in [-0.15, -0.1) is 0 Å². The van der Waals surface area contributed by atoms with Crippen LogP contribution < -0.4 is 15.5 Å². The lowest BCUT2D eigenvalue weighted by molar-refractivity contribution is -0.910. The molecule has 0 aliphatic rings. The van der Waals surface area contributed by atoms with Gasteiger partial charge >= 0.3 is 6.09 Å². The standard InChI is InChI=1S/C22H29N3O3/c1-4-25(5-2)16-18-9-7-17(8-10-18)15-23-21(26)19-11-13-20(14-12-19)24-22(27)28-6-3/h7-14H,4-6,15-16H2,1-3H3,(H,23,26)(H,24,27)/p+1. The van der Waals surface area contributed by atoms with E-state index in [1.807, 2.05) is 0 Å². The van der Waals surface area contributed by atoms with Crippen molar-refractivity contribution in [3.8, 4) is 0 Å². The number of carbonyl (C=O) groups excluding carboxylic acids is 2. The molecule has 3 N–H and O–H groups in total. The Balaban J connectivity index is 1.85. The number of anilines is 1. The Labute approximate surface area is 166 Å². The van der Waals surface area contributed by atoms with E-state index in [4.69, 9.17) is 4.74 Å². The molecule has 0 aromatic heterocycles.